The minimum absolute atomic E-state index is 0.0446. The summed E-state index contributed by atoms with van der Waals surface area (Å²) in [6.07, 6.45) is -8.22. The summed E-state index contributed by atoms with van der Waals surface area (Å²) in [6.45, 7) is 2.29. The summed E-state index contributed by atoms with van der Waals surface area (Å²) < 4.78 is 91.5. The van der Waals surface area contributed by atoms with Crippen LogP contribution < -0.4 is 10.1 Å². The summed E-state index contributed by atoms with van der Waals surface area (Å²) >= 11 is 0. The molecule has 0 bridgehead atoms. The molecule has 1 N–H and O–H groups in total. The predicted octanol–water partition coefficient (Wildman–Crippen LogP) is 5.50. The van der Waals surface area contributed by atoms with E-state index < -0.39 is 46.7 Å². The lowest BCUT2D eigenvalue weighted by Crippen LogP contribution is -2.54. The number of hydrogen-bond donors (Lipinski definition) is 1. The number of ether oxygens (including phenoxy) is 2. The Morgan fingerprint density at radius 3 is 2.43 bits per heavy atom. The van der Waals surface area contributed by atoms with E-state index in [9.17, 15) is 31.1 Å². The number of rotatable bonds is 5. The Morgan fingerprint density at radius 1 is 1.05 bits per heavy atom. The SMILES string of the molecule is COc1cc(C(F)(F)F)cc(C(F)(F)F)c1C(=O)NC1CCCN(C2CCOCC2c2ccccc2)C1. The lowest BCUT2D eigenvalue weighted by atomic mass is 9.86. The van der Waals surface area contributed by atoms with Crippen molar-refractivity contribution in [2.75, 3.05) is 33.4 Å². The van der Waals surface area contributed by atoms with Crippen molar-refractivity contribution in [3.8, 4) is 5.75 Å². The molecule has 3 atom stereocenters. The zero-order valence-electron chi connectivity index (χ0n) is 20.2. The first-order chi connectivity index (χ1) is 17.5. The molecule has 0 aromatic heterocycles. The molecular formula is C26H28F6N2O3. The maximum Gasteiger partial charge on any atom is 0.417 e. The van der Waals surface area contributed by atoms with Gasteiger partial charge in [0.15, 0.2) is 0 Å². The van der Waals surface area contributed by atoms with E-state index in [1.165, 1.54) is 0 Å². The summed E-state index contributed by atoms with van der Waals surface area (Å²) in [4.78, 5) is 15.3. The third kappa shape index (κ3) is 6.20. The van der Waals surface area contributed by atoms with Crippen molar-refractivity contribution in [1.29, 1.82) is 0 Å². The fraction of sp³-hybridized carbons (Fsp3) is 0.500. The van der Waals surface area contributed by atoms with Gasteiger partial charge in [0.25, 0.3) is 5.91 Å². The van der Waals surface area contributed by atoms with Gasteiger partial charge in [-0.1, -0.05) is 30.3 Å². The maximum atomic E-state index is 13.8. The zero-order valence-corrected chi connectivity index (χ0v) is 20.2. The Morgan fingerprint density at radius 2 is 1.78 bits per heavy atom. The Kier molecular flexibility index (Phi) is 8.03. The summed E-state index contributed by atoms with van der Waals surface area (Å²) in [5.74, 6) is -1.78. The van der Waals surface area contributed by atoms with Gasteiger partial charge in [0.1, 0.15) is 5.75 Å². The molecule has 4 rings (SSSR count). The van der Waals surface area contributed by atoms with Crippen LogP contribution in [-0.2, 0) is 17.1 Å². The molecule has 2 aliphatic heterocycles. The number of amides is 1. The maximum absolute atomic E-state index is 13.8. The lowest BCUT2D eigenvalue weighted by molar-refractivity contribution is -0.143. The van der Waals surface area contributed by atoms with Crippen LogP contribution in [0.2, 0.25) is 0 Å². The molecule has 0 radical (unpaired) electrons. The first-order valence-corrected chi connectivity index (χ1v) is 12.0. The third-order valence-electron chi connectivity index (χ3n) is 6.99. The normalized spacial score (nSPS) is 23.5. The molecule has 202 valence electrons. The second-order valence-corrected chi connectivity index (χ2v) is 9.35. The van der Waals surface area contributed by atoms with E-state index in [0.717, 1.165) is 25.6 Å². The summed E-state index contributed by atoms with van der Waals surface area (Å²) in [5, 5.41) is 2.63. The van der Waals surface area contributed by atoms with E-state index >= 15 is 0 Å². The Balaban J connectivity index is 1.56. The molecule has 0 spiro atoms. The first-order valence-electron chi connectivity index (χ1n) is 12.0. The Hall–Kier alpha value is -2.79. The molecule has 3 unspecified atom stereocenters. The van der Waals surface area contributed by atoms with Gasteiger partial charge in [-0.05, 0) is 43.5 Å². The van der Waals surface area contributed by atoms with Crippen molar-refractivity contribution in [2.24, 2.45) is 0 Å². The number of methoxy groups -OCH3 is 1. The highest BCUT2D eigenvalue weighted by atomic mass is 19.4. The van der Waals surface area contributed by atoms with Gasteiger partial charge in [-0.2, -0.15) is 26.3 Å². The first kappa shape index (κ1) is 27.3. The molecule has 5 nitrogen and oxygen atoms in total. The van der Waals surface area contributed by atoms with Crippen LogP contribution in [-0.4, -0.2) is 56.3 Å². The van der Waals surface area contributed by atoms with E-state index in [0.29, 0.717) is 38.7 Å². The van der Waals surface area contributed by atoms with Crippen LogP contribution >= 0.6 is 0 Å². The van der Waals surface area contributed by atoms with Crippen molar-refractivity contribution in [3.63, 3.8) is 0 Å². The average molecular weight is 531 g/mol. The average Bonchev–Trinajstić information content (AvgIpc) is 2.87. The van der Waals surface area contributed by atoms with Crippen LogP contribution in [0.15, 0.2) is 42.5 Å². The minimum atomic E-state index is -5.19. The van der Waals surface area contributed by atoms with E-state index in [4.69, 9.17) is 9.47 Å². The summed E-state index contributed by atoms with van der Waals surface area (Å²) in [5.41, 5.74) is -3.04. The van der Waals surface area contributed by atoms with Crippen molar-refractivity contribution >= 4 is 5.91 Å². The van der Waals surface area contributed by atoms with Crippen LogP contribution in [0.25, 0.3) is 0 Å². The topological polar surface area (TPSA) is 50.8 Å². The molecule has 0 aliphatic carbocycles. The molecule has 37 heavy (non-hydrogen) atoms. The van der Waals surface area contributed by atoms with Gasteiger partial charge >= 0.3 is 12.4 Å². The van der Waals surface area contributed by atoms with E-state index in [-0.39, 0.29) is 18.0 Å². The highest BCUT2D eigenvalue weighted by Crippen LogP contribution is 2.41. The molecule has 2 heterocycles. The third-order valence-corrected chi connectivity index (χ3v) is 6.99. The number of carbonyl (C=O) groups excluding carboxylic acids is 1. The second kappa shape index (κ2) is 10.9. The van der Waals surface area contributed by atoms with Crippen LogP contribution in [0.1, 0.15) is 52.2 Å². The molecule has 1 amide bonds. The van der Waals surface area contributed by atoms with Gasteiger partial charge in [0.05, 0.1) is 30.4 Å². The minimum Gasteiger partial charge on any atom is -0.496 e. The number of halogens is 6. The number of carbonyl (C=O) groups is 1. The number of benzene rings is 2. The zero-order chi connectivity index (χ0) is 26.8. The smallest absolute Gasteiger partial charge is 0.417 e. The van der Waals surface area contributed by atoms with Gasteiger partial charge in [-0.25, -0.2) is 0 Å². The van der Waals surface area contributed by atoms with E-state index in [1.807, 2.05) is 30.3 Å². The Labute approximate surface area is 210 Å². The van der Waals surface area contributed by atoms with Gasteiger partial charge < -0.3 is 14.8 Å². The Bertz CT molecular complexity index is 1090. The number of piperidine rings is 1. The number of hydrogen-bond acceptors (Lipinski definition) is 4. The number of nitrogens with one attached hydrogen (secondary N) is 1. The molecule has 0 saturated carbocycles. The van der Waals surface area contributed by atoms with Crippen LogP contribution in [0.5, 0.6) is 5.75 Å². The van der Waals surface area contributed by atoms with E-state index in [2.05, 4.69) is 10.2 Å². The molecule has 11 heteroatoms. The number of alkyl halides is 6. The molecular weight excluding hydrogens is 502 g/mol. The highest BCUT2D eigenvalue weighted by Gasteiger charge is 2.42. The highest BCUT2D eigenvalue weighted by molar-refractivity contribution is 5.99. The van der Waals surface area contributed by atoms with Gasteiger partial charge in [0.2, 0.25) is 0 Å². The van der Waals surface area contributed by atoms with Crippen molar-refractivity contribution in [1.82, 2.24) is 10.2 Å². The summed E-state index contributed by atoms with van der Waals surface area (Å²) in [7, 11) is 0.934. The molecule has 2 aromatic rings. The molecule has 2 saturated heterocycles. The number of nitrogens with zero attached hydrogens (tertiary/aromatic N) is 1. The van der Waals surface area contributed by atoms with Gasteiger partial charge in [0, 0.05) is 31.2 Å². The second-order valence-electron chi connectivity index (χ2n) is 9.35. The van der Waals surface area contributed by atoms with Crippen molar-refractivity contribution < 1.29 is 40.6 Å². The van der Waals surface area contributed by atoms with Gasteiger partial charge in [-0.3, -0.25) is 9.69 Å². The van der Waals surface area contributed by atoms with Crippen molar-refractivity contribution in [2.45, 2.75) is 49.6 Å². The molecule has 2 aliphatic rings. The van der Waals surface area contributed by atoms with Crippen LogP contribution in [0.3, 0.4) is 0 Å². The lowest BCUT2D eigenvalue weighted by Gasteiger charge is -2.44. The largest absolute Gasteiger partial charge is 0.496 e. The standard InChI is InChI=1S/C26H28F6N2O3/c1-36-22-13-17(25(27,28)29)12-20(26(30,31)32)23(22)24(35)33-18-8-5-10-34(14-18)21-9-11-37-15-19(21)16-6-3-2-4-7-16/h2-4,6-7,12-13,18-19,21H,5,8-11,14-15H2,1H3,(H,33,35). The monoisotopic (exact) mass is 530 g/mol. The fourth-order valence-corrected chi connectivity index (χ4v) is 5.26. The molecule has 2 fully saturated rings. The van der Waals surface area contributed by atoms with Gasteiger partial charge in [-0.15, -0.1) is 0 Å². The van der Waals surface area contributed by atoms with Crippen LogP contribution in [0, 0.1) is 0 Å². The summed E-state index contributed by atoms with van der Waals surface area (Å²) in [6, 6.07) is 9.93. The number of likely N-dealkylation sites (tertiary alicyclic amines) is 1. The quantitative estimate of drug-likeness (QED) is 0.519. The molecule has 2 aromatic carbocycles. The van der Waals surface area contributed by atoms with Crippen molar-refractivity contribution in [3.05, 3.63) is 64.7 Å². The fourth-order valence-electron chi connectivity index (χ4n) is 5.26. The van der Waals surface area contributed by atoms with Crippen LogP contribution in [0.4, 0.5) is 26.3 Å². The van der Waals surface area contributed by atoms with E-state index in [1.54, 1.807) is 0 Å². The predicted molar refractivity (Wildman–Crippen MR) is 123 cm³/mol.